The van der Waals surface area contributed by atoms with Crippen LogP contribution in [0, 0.1) is 5.92 Å². The number of carbonyl (C=O) groups is 4. The Kier molecular flexibility index (Phi) is 6.96. The van der Waals surface area contributed by atoms with E-state index in [0.29, 0.717) is 29.8 Å². The number of hydrogen-bond donors (Lipinski definition) is 1. The van der Waals surface area contributed by atoms with Gasteiger partial charge in [-0.3, -0.25) is 9.59 Å². The Morgan fingerprint density at radius 2 is 1.85 bits per heavy atom. The lowest BCUT2D eigenvalue weighted by Gasteiger charge is -2.43. The molecule has 4 atom stereocenters. The van der Waals surface area contributed by atoms with Gasteiger partial charge in [0, 0.05) is 29.0 Å². The van der Waals surface area contributed by atoms with Crippen LogP contribution in [0.2, 0.25) is 0 Å². The predicted molar refractivity (Wildman–Crippen MR) is 147 cm³/mol. The molecule has 2 aliphatic heterocycles. The van der Waals surface area contributed by atoms with E-state index in [1.165, 1.54) is 0 Å². The molecule has 0 aromatic heterocycles. The second-order valence-electron chi connectivity index (χ2n) is 11.9. The molecule has 2 aromatic rings. The number of amides is 1. The Bertz CT molecular complexity index is 1390. The van der Waals surface area contributed by atoms with Crippen LogP contribution in [0.1, 0.15) is 72.4 Å². The van der Waals surface area contributed by atoms with E-state index in [-0.39, 0.29) is 28.9 Å². The average Bonchev–Trinajstić information content (AvgIpc) is 3.27. The second kappa shape index (κ2) is 9.86. The third-order valence-electron chi connectivity index (χ3n) is 8.44. The van der Waals surface area contributed by atoms with Gasteiger partial charge >= 0.3 is 12.1 Å². The summed E-state index contributed by atoms with van der Waals surface area (Å²) in [6.07, 6.45) is 0.857. The van der Waals surface area contributed by atoms with Crippen molar-refractivity contribution in [2.75, 3.05) is 13.2 Å². The number of aryl methyl sites for hydroxylation is 1. The van der Waals surface area contributed by atoms with E-state index in [4.69, 9.17) is 9.47 Å². The Hall–Kier alpha value is -3.04. The fourth-order valence-corrected chi connectivity index (χ4v) is 6.84. The highest BCUT2D eigenvalue weighted by molar-refractivity contribution is 9.10. The number of ether oxygens (including phenoxy) is 2. The van der Waals surface area contributed by atoms with E-state index in [0.717, 1.165) is 35.1 Å². The molecule has 2 aromatic carbocycles. The van der Waals surface area contributed by atoms with Crippen LogP contribution in [0.25, 0.3) is 11.1 Å². The van der Waals surface area contributed by atoms with Gasteiger partial charge in [0.2, 0.25) is 0 Å². The predicted octanol–water partition coefficient (Wildman–Crippen LogP) is 5.57. The topological polar surface area (TPSA) is 107 Å². The molecular weight excluding hydrogens is 566 g/mol. The van der Waals surface area contributed by atoms with E-state index < -0.39 is 34.7 Å². The van der Waals surface area contributed by atoms with Crippen molar-refractivity contribution in [1.82, 2.24) is 0 Å². The van der Waals surface area contributed by atoms with E-state index in [1.54, 1.807) is 12.1 Å². The number of benzene rings is 2. The highest BCUT2D eigenvalue weighted by atomic mass is 79.9. The Morgan fingerprint density at radius 3 is 2.54 bits per heavy atom. The van der Waals surface area contributed by atoms with Gasteiger partial charge in [-0.2, -0.15) is 4.79 Å². The van der Waals surface area contributed by atoms with Gasteiger partial charge in [-0.15, -0.1) is 0 Å². The van der Waals surface area contributed by atoms with Crippen molar-refractivity contribution in [3.8, 4) is 16.9 Å². The number of carbonyl (C=O) groups excluding carboxylic acids is 3. The first-order valence-electron chi connectivity index (χ1n) is 13.3. The average molecular weight is 599 g/mol. The van der Waals surface area contributed by atoms with Gasteiger partial charge in [0.15, 0.2) is 24.2 Å². The van der Waals surface area contributed by atoms with Crippen LogP contribution in [-0.4, -0.2) is 62.8 Å². The minimum atomic E-state index is -1.06. The van der Waals surface area contributed by atoms with Gasteiger partial charge in [0.1, 0.15) is 17.9 Å². The third kappa shape index (κ3) is 4.59. The summed E-state index contributed by atoms with van der Waals surface area (Å²) in [7, 11) is 0. The van der Waals surface area contributed by atoms with E-state index in [2.05, 4.69) is 15.9 Å². The zero-order valence-corrected chi connectivity index (χ0v) is 24.2. The molecule has 1 amide bonds. The molecule has 0 radical (unpaired) electrons. The van der Waals surface area contributed by atoms with Crippen molar-refractivity contribution in [2.24, 2.45) is 5.92 Å². The lowest BCUT2D eigenvalue weighted by molar-refractivity contribution is -0.908. The second-order valence-corrected chi connectivity index (χ2v) is 13.0. The molecule has 1 saturated heterocycles. The zero-order chi connectivity index (χ0) is 28.3. The van der Waals surface area contributed by atoms with E-state index in [9.17, 15) is 24.3 Å². The van der Waals surface area contributed by atoms with Gasteiger partial charge in [-0.1, -0.05) is 35.0 Å². The molecule has 1 N–H and O–H groups in total. The summed E-state index contributed by atoms with van der Waals surface area (Å²) in [5.41, 5.74) is 4.01. The summed E-state index contributed by atoms with van der Waals surface area (Å²) in [4.78, 5) is 51.0. The lowest BCUT2D eigenvalue weighted by atomic mass is 9.85. The Labute approximate surface area is 236 Å². The fraction of sp³-hybridized carbons (Fsp3) is 0.467. The molecule has 39 heavy (non-hydrogen) atoms. The highest BCUT2D eigenvalue weighted by Crippen LogP contribution is 2.42. The Morgan fingerprint density at radius 1 is 1.10 bits per heavy atom. The quantitative estimate of drug-likeness (QED) is 0.212. The summed E-state index contributed by atoms with van der Waals surface area (Å²) >= 11 is 3.45. The number of rotatable bonds is 4. The standard InChI is InChI=1S/C30H32BrNO7/c1-16-9-24(32(13-16,29(36)37)30(2,3)4)28(35)39-15-25(33)18-5-7-20-19(10-18)14-38-26-12-21-17(11-22(20)26)6-8-23(31)27(21)34/h5,7,10-12,16,23-24H,6,8-9,13-15H2,1-4H3/p+1/t16-,23?,24-,32?/m0/s1. The van der Waals surface area contributed by atoms with Gasteiger partial charge in [-0.05, 0) is 68.5 Å². The molecule has 2 heterocycles. The molecule has 8 nitrogen and oxygen atoms in total. The number of alkyl halides is 1. The number of carboxylic acid groups (broad SMARTS) is 1. The molecular formula is C30H33BrNO7+. The molecule has 0 saturated carbocycles. The molecule has 2 unspecified atom stereocenters. The van der Waals surface area contributed by atoms with Crippen LogP contribution >= 0.6 is 15.9 Å². The minimum Gasteiger partial charge on any atom is -0.488 e. The normalized spacial score (nSPS) is 25.7. The van der Waals surface area contributed by atoms with Gasteiger partial charge in [-0.25, -0.2) is 9.28 Å². The maximum atomic E-state index is 13.1. The van der Waals surface area contributed by atoms with Crippen LogP contribution in [0.4, 0.5) is 4.79 Å². The summed E-state index contributed by atoms with van der Waals surface area (Å²) in [6.45, 7) is 7.47. The number of Topliss-reactive ketones (excluding diaryl/α,β-unsaturated/α-hetero) is 2. The zero-order valence-electron chi connectivity index (χ0n) is 22.6. The molecule has 1 aliphatic carbocycles. The molecule has 9 heteroatoms. The van der Waals surface area contributed by atoms with Crippen molar-refractivity contribution in [3.05, 3.63) is 52.6 Å². The molecule has 0 spiro atoms. The van der Waals surface area contributed by atoms with Gasteiger partial charge < -0.3 is 14.6 Å². The van der Waals surface area contributed by atoms with Crippen molar-refractivity contribution in [1.29, 1.82) is 0 Å². The summed E-state index contributed by atoms with van der Waals surface area (Å²) in [5.74, 6) is -0.287. The largest absolute Gasteiger partial charge is 0.514 e. The molecule has 1 fully saturated rings. The number of quaternary nitrogens is 1. The van der Waals surface area contributed by atoms with Crippen molar-refractivity contribution in [2.45, 2.75) is 70.0 Å². The first kappa shape index (κ1) is 27.5. The van der Waals surface area contributed by atoms with Crippen LogP contribution in [0.5, 0.6) is 5.75 Å². The number of hydrogen-bond acceptors (Lipinski definition) is 6. The van der Waals surface area contributed by atoms with Gasteiger partial charge in [0.05, 0.1) is 11.4 Å². The maximum Gasteiger partial charge on any atom is 0.514 e. The van der Waals surface area contributed by atoms with Crippen LogP contribution in [-0.2, 0) is 22.6 Å². The van der Waals surface area contributed by atoms with Crippen LogP contribution < -0.4 is 4.74 Å². The summed E-state index contributed by atoms with van der Waals surface area (Å²) in [6, 6.07) is 8.26. The number of likely N-dealkylation sites (tertiary alicyclic amines) is 1. The van der Waals surface area contributed by atoms with E-state index in [1.807, 2.05) is 45.9 Å². The minimum absolute atomic E-state index is 0.0294. The number of halogens is 1. The monoisotopic (exact) mass is 598 g/mol. The number of nitrogens with zero attached hydrogens (tertiary/aromatic N) is 1. The summed E-state index contributed by atoms with van der Waals surface area (Å²) in [5, 5.41) is 10.1. The summed E-state index contributed by atoms with van der Waals surface area (Å²) < 4.78 is 11.0. The number of fused-ring (bicyclic) bond motifs is 4. The van der Waals surface area contributed by atoms with Crippen molar-refractivity contribution < 1.29 is 38.2 Å². The first-order chi connectivity index (χ1) is 18.3. The molecule has 0 bridgehead atoms. The van der Waals surface area contributed by atoms with E-state index >= 15 is 0 Å². The first-order valence-corrected chi connectivity index (χ1v) is 14.2. The SMILES string of the molecule is C[C@H]1C[C@@H](C(=O)OCC(=O)c2ccc3c(c2)COc2cc4c(cc2-3)CCC(Br)C4=O)[N+](C(=O)O)(C(C)(C)C)C1. The van der Waals surface area contributed by atoms with Crippen LogP contribution in [0.3, 0.4) is 0 Å². The molecule has 206 valence electrons. The van der Waals surface area contributed by atoms with Crippen molar-refractivity contribution >= 4 is 39.6 Å². The lowest BCUT2D eigenvalue weighted by Crippen LogP contribution is -2.67. The van der Waals surface area contributed by atoms with Crippen LogP contribution in [0.15, 0.2) is 30.3 Å². The molecule has 5 rings (SSSR count). The molecule has 3 aliphatic rings. The Balaban J connectivity index is 1.33. The number of esters is 1. The highest BCUT2D eigenvalue weighted by Gasteiger charge is 2.61. The van der Waals surface area contributed by atoms with Crippen molar-refractivity contribution in [3.63, 3.8) is 0 Å². The smallest absolute Gasteiger partial charge is 0.488 e. The third-order valence-corrected chi connectivity index (χ3v) is 9.31. The fourth-order valence-electron chi connectivity index (χ4n) is 6.36. The number of ketones is 2. The van der Waals surface area contributed by atoms with Gasteiger partial charge in [0.25, 0.3) is 0 Å². The maximum absolute atomic E-state index is 13.1.